The summed E-state index contributed by atoms with van der Waals surface area (Å²) >= 11 is 0. The van der Waals surface area contributed by atoms with Gasteiger partial charge in [-0.3, -0.25) is 4.79 Å². The van der Waals surface area contributed by atoms with Crippen molar-refractivity contribution in [2.75, 3.05) is 6.61 Å². The highest BCUT2D eigenvalue weighted by Gasteiger charge is 2.56. The van der Waals surface area contributed by atoms with Gasteiger partial charge in [-0.2, -0.15) is 0 Å². The standard InChI is InChI=1S/C25H32O4Si/c1-24(2,3)30(19-12-8-6-9-13-19,20-14-10-7-11-15-20)27-17-18-16-21(26)23-22(18)28-25(4,5)29-23/h6-15,18,22-23H,16-17H2,1-5H3. The summed E-state index contributed by atoms with van der Waals surface area (Å²) in [6, 6.07) is 21.2. The molecule has 160 valence electrons. The SMILES string of the molecule is CC1(C)OC2C(=O)CC(CO[Si](c3ccccc3)(c3ccccc3)C(C)(C)C)C2O1. The van der Waals surface area contributed by atoms with E-state index in [1.807, 2.05) is 26.0 Å². The van der Waals surface area contributed by atoms with E-state index in [4.69, 9.17) is 13.9 Å². The number of hydrogen-bond acceptors (Lipinski definition) is 4. The minimum atomic E-state index is -2.63. The molecule has 2 aromatic carbocycles. The molecule has 1 heterocycles. The van der Waals surface area contributed by atoms with E-state index in [9.17, 15) is 4.79 Å². The second-order valence-electron chi connectivity index (χ2n) is 9.93. The Bertz CT molecular complexity index is 849. The quantitative estimate of drug-likeness (QED) is 0.687. The van der Waals surface area contributed by atoms with Crippen molar-refractivity contribution in [3.63, 3.8) is 0 Å². The van der Waals surface area contributed by atoms with E-state index in [1.54, 1.807) is 0 Å². The van der Waals surface area contributed by atoms with Crippen molar-refractivity contribution in [1.29, 1.82) is 0 Å². The van der Waals surface area contributed by atoms with Crippen LogP contribution < -0.4 is 10.4 Å². The van der Waals surface area contributed by atoms with Crippen molar-refractivity contribution in [2.45, 2.75) is 64.1 Å². The molecule has 0 radical (unpaired) electrons. The van der Waals surface area contributed by atoms with Gasteiger partial charge in [0.2, 0.25) is 0 Å². The van der Waals surface area contributed by atoms with E-state index in [2.05, 4.69) is 69.3 Å². The predicted octanol–water partition coefficient (Wildman–Crippen LogP) is 3.67. The second kappa shape index (κ2) is 7.72. The monoisotopic (exact) mass is 424 g/mol. The molecule has 1 aliphatic carbocycles. The first kappa shape index (κ1) is 21.4. The smallest absolute Gasteiger partial charge is 0.261 e. The molecule has 4 nitrogen and oxygen atoms in total. The highest BCUT2D eigenvalue weighted by molar-refractivity contribution is 6.99. The molecule has 3 unspecified atom stereocenters. The van der Waals surface area contributed by atoms with Gasteiger partial charge in [0.1, 0.15) is 6.10 Å². The summed E-state index contributed by atoms with van der Waals surface area (Å²) in [7, 11) is -2.63. The molecule has 0 N–H and O–H groups in total. The zero-order chi connectivity index (χ0) is 21.6. The van der Waals surface area contributed by atoms with E-state index in [1.165, 1.54) is 10.4 Å². The van der Waals surface area contributed by atoms with Crippen LogP contribution in [-0.2, 0) is 18.7 Å². The number of hydrogen-bond donors (Lipinski definition) is 0. The fourth-order valence-electron chi connectivity index (χ4n) is 5.02. The van der Waals surface area contributed by atoms with Gasteiger partial charge in [-0.1, -0.05) is 81.4 Å². The fourth-order valence-corrected chi connectivity index (χ4v) is 9.64. The number of fused-ring (bicyclic) bond motifs is 1. The van der Waals surface area contributed by atoms with Gasteiger partial charge >= 0.3 is 0 Å². The normalized spacial score (nSPS) is 26.0. The number of ether oxygens (including phenoxy) is 2. The third kappa shape index (κ3) is 3.69. The molecule has 3 atom stereocenters. The first-order valence-electron chi connectivity index (χ1n) is 10.8. The zero-order valence-electron chi connectivity index (χ0n) is 18.6. The highest BCUT2D eigenvalue weighted by atomic mass is 28.4. The minimum absolute atomic E-state index is 0.00549. The maximum absolute atomic E-state index is 12.6. The van der Waals surface area contributed by atoms with Crippen LogP contribution >= 0.6 is 0 Å². The summed E-state index contributed by atoms with van der Waals surface area (Å²) in [6.45, 7) is 11.0. The third-order valence-electron chi connectivity index (χ3n) is 6.31. The Hall–Kier alpha value is -1.79. The molecule has 0 amide bonds. The van der Waals surface area contributed by atoms with E-state index in [-0.39, 0.29) is 22.8 Å². The molecule has 0 spiro atoms. The number of Topliss-reactive ketones (excluding diaryl/α,β-unsaturated/α-hetero) is 1. The lowest BCUT2D eigenvalue weighted by Crippen LogP contribution is -2.67. The van der Waals surface area contributed by atoms with Crippen LogP contribution in [0.5, 0.6) is 0 Å². The Kier molecular flexibility index (Phi) is 5.52. The molecule has 1 aliphatic heterocycles. The molecule has 0 bridgehead atoms. The van der Waals surface area contributed by atoms with Gasteiger partial charge in [-0.25, -0.2) is 0 Å². The van der Waals surface area contributed by atoms with Crippen LogP contribution in [-0.4, -0.2) is 38.7 Å². The number of carbonyl (C=O) groups excluding carboxylic acids is 1. The maximum atomic E-state index is 12.6. The molecule has 30 heavy (non-hydrogen) atoms. The van der Waals surface area contributed by atoms with Gasteiger partial charge in [0.05, 0.1) is 6.10 Å². The van der Waals surface area contributed by atoms with Crippen LogP contribution in [0.4, 0.5) is 0 Å². The van der Waals surface area contributed by atoms with Crippen LogP contribution in [0.3, 0.4) is 0 Å². The highest BCUT2D eigenvalue weighted by Crippen LogP contribution is 2.42. The van der Waals surface area contributed by atoms with E-state index >= 15 is 0 Å². The third-order valence-corrected chi connectivity index (χ3v) is 11.3. The largest absolute Gasteiger partial charge is 0.407 e. The summed E-state index contributed by atoms with van der Waals surface area (Å²) in [5.74, 6) is -0.589. The molecule has 1 saturated heterocycles. The minimum Gasteiger partial charge on any atom is -0.407 e. The number of ketones is 1. The molecule has 4 rings (SSSR count). The molecule has 0 aromatic heterocycles. The molecule has 5 heteroatoms. The Morgan fingerprint density at radius 1 is 0.967 bits per heavy atom. The van der Waals surface area contributed by atoms with E-state index in [0.717, 1.165) is 0 Å². The van der Waals surface area contributed by atoms with Gasteiger partial charge in [-0.05, 0) is 29.3 Å². The number of carbonyl (C=O) groups is 1. The average Bonchev–Trinajstić information content (AvgIpc) is 3.17. The van der Waals surface area contributed by atoms with Gasteiger partial charge in [0.15, 0.2) is 11.6 Å². The van der Waals surface area contributed by atoms with Crippen molar-refractivity contribution in [3.8, 4) is 0 Å². The molecule has 2 aliphatic rings. The van der Waals surface area contributed by atoms with Crippen molar-refractivity contribution < 1.29 is 18.7 Å². The fraction of sp³-hybridized carbons (Fsp3) is 0.480. The summed E-state index contributed by atoms with van der Waals surface area (Å²) in [4.78, 5) is 12.6. The lowest BCUT2D eigenvalue weighted by molar-refractivity contribution is -0.163. The Morgan fingerprint density at radius 2 is 1.50 bits per heavy atom. The van der Waals surface area contributed by atoms with Crippen LogP contribution in [0, 0.1) is 5.92 Å². The summed E-state index contributed by atoms with van der Waals surface area (Å²) in [6.07, 6.45) is -0.248. The molecular formula is C25H32O4Si. The lowest BCUT2D eigenvalue weighted by Gasteiger charge is -2.43. The Morgan fingerprint density at radius 3 is 2.00 bits per heavy atom. The van der Waals surface area contributed by atoms with Gasteiger partial charge in [0.25, 0.3) is 8.32 Å². The molecule has 2 aromatic rings. The first-order valence-corrected chi connectivity index (χ1v) is 12.7. The van der Waals surface area contributed by atoms with Crippen LogP contribution in [0.1, 0.15) is 41.0 Å². The molecule has 1 saturated carbocycles. The summed E-state index contributed by atoms with van der Waals surface area (Å²) in [5.41, 5.74) is 0. The Balaban J connectivity index is 1.70. The average molecular weight is 425 g/mol. The summed E-state index contributed by atoms with van der Waals surface area (Å²) < 4.78 is 19.0. The van der Waals surface area contributed by atoms with Crippen molar-refractivity contribution >= 4 is 24.5 Å². The maximum Gasteiger partial charge on any atom is 0.261 e. The van der Waals surface area contributed by atoms with Crippen molar-refractivity contribution in [3.05, 3.63) is 60.7 Å². The second-order valence-corrected chi connectivity index (χ2v) is 14.2. The van der Waals surface area contributed by atoms with E-state index in [0.29, 0.717) is 13.0 Å². The van der Waals surface area contributed by atoms with Crippen LogP contribution in [0.2, 0.25) is 5.04 Å². The topological polar surface area (TPSA) is 44.8 Å². The van der Waals surface area contributed by atoms with Crippen molar-refractivity contribution in [2.24, 2.45) is 5.92 Å². The summed E-state index contributed by atoms with van der Waals surface area (Å²) in [5, 5.41) is 2.39. The van der Waals surface area contributed by atoms with Crippen LogP contribution in [0.25, 0.3) is 0 Å². The zero-order valence-corrected chi connectivity index (χ0v) is 19.6. The van der Waals surface area contributed by atoms with Crippen LogP contribution in [0.15, 0.2) is 60.7 Å². The molecular weight excluding hydrogens is 392 g/mol. The Labute approximate surface area is 180 Å². The number of rotatable bonds is 5. The predicted molar refractivity (Wildman–Crippen MR) is 121 cm³/mol. The van der Waals surface area contributed by atoms with Gasteiger partial charge < -0.3 is 13.9 Å². The van der Waals surface area contributed by atoms with E-state index < -0.39 is 20.2 Å². The van der Waals surface area contributed by atoms with Crippen molar-refractivity contribution in [1.82, 2.24) is 0 Å². The molecule has 2 fully saturated rings. The number of benzene rings is 2. The van der Waals surface area contributed by atoms with Gasteiger partial charge in [-0.15, -0.1) is 0 Å². The lowest BCUT2D eigenvalue weighted by atomic mass is 10.1. The van der Waals surface area contributed by atoms with Gasteiger partial charge in [0, 0.05) is 18.9 Å². The first-order chi connectivity index (χ1) is 14.1.